The second-order valence-electron chi connectivity index (χ2n) is 10.3. The fourth-order valence-electron chi connectivity index (χ4n) is 3.69. The quantitative estimate of drug-likeness (QED) is 0.662. The van der Waals surface area contributed by atoms with E-state index < -0.39 is 0 Å². The Morgan fingerprint density at radius 2 is 1.43 bits per heavy atom. The van der Waals surface area contributed by atoms with Gasteiger partial charge in [0.15, 0.2) is 0 Å². The predicted octanol–water partition coefficient (Wildman–Crippen LogP) is 5.65. The summed E-state index contributed by atoms with van der Waals surface area (Å²) in [5.74, 6) is 0.862. The molecule has 138 valence electrons. The molecule has 0 unspecified atom stereocenters. The highest BCUT2D eigenvalue weighted by molar-refractivity contribution is 4.84. The molecule has 1 rings (SSSR count). The first-order valence-electron chi connectivity index (χ1n) is 10.0. The summed E-state index contributed by atoms with van der Waals surface area (Å²) >= 11 is 0. The van der Waals surface area contributed by atoms with Gasteiger partial charge in [-0.25, -0.2) is 0 Å². The van der Waals surface area contributed by atoms with Crippen molar-refractivity contribution in [1.29, 1.82) is 0 Å². The average molecular weight is 325 g/mol. The van der Waals surface area contributed by atoms with Gasteiger partial charge in [0.05, 0.1) is 0 Å². The maximum Gasteiger partial charge on any atom is 0.0125 e. The van der Waals surface area contributed by atoms with Crippen molar-refractivity contribution in [2.45, 2.75) is 117 Å². The molecule has 0 aromatic carbocycles. The van der Waals surface area contributed by atoms with Crippen LogP contribution in [-0.4, -0.2) is 17.6 Å². The summed E-state index contributed by atoms with van der Waals surface area (Å²) in [6, 6.07) is 0. The highest BCUT2D eigenvalue weighted by Crippen LogP contribution is 2.33. The van der Waals surface area contributed by atoms with Crippen LogP contribution < -0.4 is 11.1 Å². The van der Waals surface area contributed by atoms with Gasteiger partial charge in [-0.15, -0.1) is 0 Å². The molecule has 2 nitrogen and oxygen atoms in total. The fourth-order valence-corrected chi connectivity index (χ4v) is 3.69. The molecule has 3 N–H and O–H groups in total. The van der Waals surface area contributed by atoms with Crippen molar-refractivity contribution in [3.8, 4) is 0 Å². The summed E-state index contributed by atoms with van der Waals surface area (Å²) in [7, 11) is 0. The Hall–Kier alpha value is -0.0800. The molecule has 0 aromatic heterocycles. The minimum Gasteiger partial charge on any atom is -0.326 e. The van der Waals surface area contributed by atoms with E-state index in [0.717, 1.165) is 18.8 Å². The summed E-state index contributed by atoms with van der Waals surface area (Å²) in [6.45, 7) is 15.0. The first-order valence-corrected chi connectivity index (χ1v) is 10.0. The monoisotopic (exact) mass is 324 g/mol. The van der Waals surface area contributed by atoms with Gasteiger partial charge in [-0.3, -0.25) is 0 Å². The second kappa shape index (κ2) is 8.85. The van der Waals surface area contributed by atoms with Crippen molar-refractivity contribution in [3.05, 3.63) is 0 Å². The van der Waals surface area contributed by atoms with Gasteiger partial charge in [0, 0.05) is 11.1 Å². The van der Waals surface area contributed by atoms with E-state index in [2.05, 4.69) is 46.9 Å². The molecular formula is C21H44N2. The number of rotatable bonds is 6. The number of hydrogen-bond donors (Lipinski definition) is 2. The molecule has 0 spiro atoms. The van der Waals surface area contributed by atoms with E-state index in [9.17, 15) is 0 Å². The van der Waals surface area contributed by atoms with Crippen molar-refractivity contribution < 1.29 is 0 Å². The van der Waals surface area contributed by atoms with Crippen LogP contribution >= 0.6 is 0 Å². The van der Waals surface area contributed by atoms with Gasteiger partial charge in [0.25, 0.3) is 0 Å². The SMILES string of the molecule is CC(C)(N)CCC(C)(C)NCC1CCCCC(C)(C)CCCC1. The Bertz CT molecular complexity index is 311. The molecule has 0 atom stereocenters. The van der Waals surface area contributed by atoms with E-state index in [1.807, 2.05) is 0 Å². The summed E-state index contributed by atoms with van der Waals surface area (Å²) in [6.07, 6.45) is 13.5. The van der Waals surface area contributed by atoms with Crippen molar-refractivity contribution in [1.82, 2.24) is 5.32 Å². The van der Waals surface area contributed by atoms with E-state index >= 15 is 0 Å². The fraction of sp³-hybridized carbons (Fsp3) is 1.00. The molecule has 0 amide bonds. The standard InChI is InChI=1S/C21H44N2/c1-19(2)13-9-7-11-18(12-8-10-14-19)17-23-21(5,6)16-15-20(3,4)22/h18,23H,7-17,22H2,1-6H3. The third-order valence-corrected chi connectivity index (χ3v) is 5.70. The van der Waals surface area contributed by atoms with Crippen molar-refractivity contribution in [2.24, 2.45) is 17.1 Å². The molecule has 0 bridgehead atoms. The van der Waals surface area contributed by atoms with Gasteiger partial charge < -0.3 is 11.1 Å². The van der Waals surface area contributed by atoms with Crippen LogP contribution in [0.3, 0.4) is 0 Å². The van der Waals surface area contributed by atoms with Crippen molar-refractivity contribution in [2.75, 3.05) is 6.54 Å². The number of nitrogens with two attached hydrogens (primary N) is 1. The molecule has 23 heavy (non-hydrogen) atoms. The molecule has 0 aliphatic heterocycles. The van der Waals surface area contributed by atoms with E-state index in [-0.39, 0.29) is 11.1 Å². The van der Waals surface area contributed by atoms with Crippen LogP contribution in [0.25, 0.3) is 0 Å². The Morgan fingerprint density at radius 3 is 1.91 bits per heavy atom. The van der Waals surface area contributed by atoms with Gasteiger partial charge in [-0.2, -0.15) is 0 Å². The van der Waals surface area contributed by atoms with Gasteiger partial charge in [0.1, 0.15) is 0 Å². The number of hydrogen-bond acceptors (Lipinski definition) is 2. The van der Waals surface area contributed by atoms with Crippen LogP contribution in [0, 0.1) is 11.3 Å². The zero-order valence-corrected chi connectivity index (χ0v) is 16.9. The van der Waals surface area contributed by atoms with Crippen LogP contribution in [0.2, 0.25) is 0 Å². The van der Waals surface area contributed by atoms with E-state index in [1.54, 1.807) is 0 Å². The molecule has 1 aliphatic rings. The second-order valence-corrected chi connectivity index (χ2v) is 10.3. The largest absolute Gasteiger partial charge is 0.326 e. The Labute approximate surface area is 146 Å². The third-order valence-electron chi connectivity index (χ3n) is 5.70. The van der Waals surface area contributed by atoms with Crippen LogP contribution in [-0.2, 0) is 0 Å². The molecular weight excluding hydrogens is 280 g/mol. The lowest BCUT2D eigenvalue weighted by atomic mass is 9.79. The zero-order chi connectivity index (χ0) is 17.6. The molecule has 1 saturated carbocycles. The average Bonchev–Trinajstić information content (AvgIpc) is 2.41. The third kappa shape index (κ3) is 10.4. The summed E-state index contributed by atoms with van der Waals surface area (Å²) in [4.78, 5) is 0. The Morgan fingerprint density at radius 1 is 0.913 bits per heavy atom. The van der Waals surface area contributed by atoms with Crippen LogP contribution in [0.1, 0.15) is 106 Å². The predicted molar refractivity (Wildman–Crippen MR) is 104 cm³/mol. The summed E-state index contributed by atoms with van der Waals surface area (Å²) < 4.78 is 0. The maximum atomic E-state index is 6.15. The topological polar surface area (TPSA) is 38.0 Å². The smallest absolute Gasteiger partial charge is 0.0125 e. The van der Waals surface area contributed by atoms with E-state index in [0.29, 0.717) is 5.41 Å². The van der Waals surface area contributed by atoms with Crippen LogP contribution in [0.5, 0.6) is 0 Å². The molecule has 0 saturated heterocycles. The summed E-state index contributed by atoms with van der Waals surface area (Å²) in [5, 5.41) is 3.85. The lowest BCUT2D eigenvalue weighted by molar-refractivity contribution is 0.245. The molecule has 0 heterocycles. The Balaban J connectivity index is 2.37. The van der Waals surface area contributed by atoms with Gasteiger partial charge in [0.2, 0.25) is 0 Å². The van der Waals surface area contributed by atoms with Gasteiger partial charge in [-0.05, 0) is 84.1 Å². The lowest BCUT2D eigenvalue weighted by Gasteiger charge is -2.33. The van der Waals surface area contributed by atoms with Crippen molar-refractivity contribution in [3.63, 3.8) is 0 Å². The summed E-state index contributed by atoms with van der Waals surface area (Å²) in [5.41, 5.74) is 6.87. The minimum atomic E-state index is -0.0534. The highest BCUT2D eigenvalue weighted by Gasteiger charge is 2.23. The van der Waals surface area contributed by atoms with Crippen LogP contribution in [0.4, 0.5) is 0 Å². The number of nitrogens with one attached hydrogen (secondary N) is 1. The molecule has 2 heteroatoms. The molecule has 0 radical (unpaired) electrons. The molecule has 1 fully saturated rings. The zero-order valence-electron chi connectivity index (χ0n) is 16.9. The highest BCUT2D eigenvalue weighted by atomic mass is 15.0. The minimum absolute atomic E-state index is 0.0534. The molecule has 0 aromatic rings. The lowest BCUT2D eigenvalue weighted by Crippen LogP contribution is -2.44. The van der Waals surface area contributed by atoms with Gasteiger partial charge in [-0.1, -0.05) is 39.5 Å². The Kier molecular flexibility index (Phi) is 8.07. The van der Waals surface area contributed by atoms with Crippen LogP contribution in [0.15, 0.2) is 0 Å². The normalized spacial score (nSPS) is 22.0. The first kappa shape index (κ1) is 21.0. The maximum absolute atomic E-state index is 6.15. The van der Waals surface area contributed by atoms with Gasteiger partial charge >= 0.3 is 0 Å². The van der Waals surface area contributed by atoms with Crippen molar-refractivity contribution >= 4 is 0 Å². The first-order chi connectivity index (χ1) is 10.5. The molecule has 1 aliphatic carbocycles. The van der Waals surface area contributed by atoms with E-state index in [4.69, 9.17) is 5.73 Å². The van der Waals surface area contributed by atoms with E-state index in [1.165, 1.54) is 57.9 Å².